The minimum absolute atomic E-state index is 0.0252. The smallest absolute Gasteiger partial charge is 0.243 e. The van der Waals surface area contributed by atoms with Gasteiger partial charge in [0.15, 0.2) is 0 Å². The number of benzene rings is 2. The number of likely N-dealkylation sites (tertiary alicyclic amines) is 1. The Labute approximate surface area is 256 Å². The van der Waals surface area contributed by atoms with E-state index in [1.54, 1.807) is 16.7 Å². The van der Waals surface area contributed by atoms with Gasteiger partial charge in [0.2, 0.25) is 17.7 Å². The highest BCUT2D eigenvalue weighted by Crippen LogP contribution is 2.31. The maximum atomic E-state index is 13.7. The number of amides is 3. The summed E-state index contributed by atoms with van der Waals surface area (Å²) in [4.78, 5) is 44.0. The summed E-state index contributed by atoms with van der Waals surface area (Å²) in [5.74, 6) is 0.373. The van der Waals surface area contributed by atoms with Crippen LogP contribution in [0.2, 0.25) is 0 Å². The molecule has 12 nitrogen and oxygen atoms in total. The first-order valence-corrected chi connectivity index (χ1v) is 15.4. The highest BCUT2D eigenvalue weighted by Gasteiger charge is 2.42. The molecule has 5 unspecified atom stereocenters. The molecule has 3 N–H and O–H groups in total. The molecule has 0 saturated carbocycles. The Morgan fingerprint density at radius 1 is 1.09 bits per heavy atom. The summed E-state index contributed by atoms with van der Waals surface area (Å²) < 4.78 is 12.6. The quantitative estimate of drug-likeness (QED) is 0.355. The van der Waals surface area contributed by atoms with E-state index in [4.69, 9.17) is 15.2 Å². The molecule has 0 aliphatic carbocycles. The van der Waals surface area contributed by atoms with Gasteiger partial charge in [-0.15, -0.1) is 5.10 Å². The van der Waals surface area contributed by atoms with E-state index in [0.29, 0.717) is 39.1 Å². The fraction of sp³-hybridized carbons (Fsp3) is 0.531. The zero-order valence-electron chi connectivity index (χ0n) is 25.4. The average molecular weight is 604 g/mol. The number of aromatic nitrogens is 3. The lowest BCUT2D eigenvalue weighted by atomic mass is 9.96. The van der Waals surface area contributed by atoms with Gasteiger partial charge in [-0.3, -0.25) is 14.4 Å². The number of methoxy groups -OCH3 is 1. The molecule has 12 heteroatoms. The predicted octanol–water partition coefficient (Wildman–Crippen LogP) is 1.55. The first-order valence-electron chi connectivity index (χ1n) is 15.4. The molecule has 5 atom stereocenters. The minimum atomic E-state index is -0.869. The summed E-state index contributed by atoms with van der Waals surface area (Å²) in [6, 6.07) is 12.3. The zero-order valence-corrected chi connectivity index (χ0v) is 25.4. The van der Waals surface area contributed by atoms with Crippen LogP contribution in [0.5, 0.6) is 5.75 Å². The SMILES string of the molecule is COc1ccc(CC2CC(C(=O)NCc3ccc4c(c3)nnn4C)N(C(=O)C(N)CCC(=O)N3C4CCC3COC4)C2)cc1. The number of ether oxygens (including phenoxy) is 2. The fourth-order valence-corrected chi connectivity index (χ4v) is 6.94. The monoisotopic (exact) mass is 603 g/mol. The average Bonchev–Trinajstić information content (AvgIpc) is 3.71. The number of fused-ring (bicyclic) bond motifs is 3. The minimum Gasteiger partial charge on any atom is -0.497 e. The number of hydrogen-bond acceptors (Lipinski definition) is 8. The van der Waals surface area contributed by atoms with Gasteiger partial charge in [-0.1, -0.05) is 23.4 Å². The predicted molar refractivity (Wildman–Crippen MR) is 162 cm³/mol. The van der Waals surface area contributed by atoms with Gasteiger partial charge in [-0.25, -0.2) is 4.68 Å². The number of rotatable bonds is 10. The maximum Gasteiger partial charge on any atom is 0.243 e. The van der Waals surface area contributed by atoms with E-state index in [1.807, 2.05) is 54.4 Å². The Morgan fingerprint density at radius 3 is 2.55 bits per heavy atom. The lowest BCUT2D eigenvalue weighted by molar-refractivity contribution is -0.142. The number of aryl methyl sites for hydroxylation is 1. The van der Waals surface area contributed by atoms with Crippen LogP contribution in [-0.4, -0.2) is 93.6 Å². The molecule has 3 amide bonds. The molecule has 0 spiro atoms. The first kappa shape index (κ1) is 30.0. The van der Waals surface area contributed by atoms with E-state index in [-0.39, 0.29) is 48.6 Å². The lowest BCUT2D eigenvalue weighted by Gasteiger charge is -2.35. The Bertz CT molecular complexity index is 1490. The molecule has 44 heavy (non-hydrogen) atoms. The summed E-state index contributed by atoms with van der Waals surface area (Å²) in [5.41, 5.74) is 10.1. The van der Waals surface area contributed by atoms with Gasteiger partial charge in [0.1, 0.15) is 17.3 Å². The third kappa shape index (κ3) is 6.27. The molecule has 2 aromatic carbocycles. The van der Waals surface area contributed by atoms with Crippen LogP contribution < -0.4 is 15.8 Å². The van der Waals surface area contributed by atoms with Gasteiger partial charge < -0.3 is 30.3 Å². The van der Waals surface area contributed by atoms with Crippen molar-refractivity contribution in [2.24, 2.45) is 18.7 Å². The summed E-state index contributed by atoms with van der Waals surface area (Å²) >= 11 is 0. The van der Waals surface area contributed by atoms with E-state index in [1.165, 1.54) is 0 Å². The molecular weight excluding hydrogens is 562 g/mol. The van der Waals surface area contributed by atoms with Crippen LogP contribution in [0.4, 0.5) is 0 Å². The van der Waals surface area contributed by atoms with Crippen LogP contribution in [0, 0.1) is 5.92 Å². The van der Waals surface area contributed by atoms with Gasteiger partial charge in [0.25, 0.3) is 0 Å². The molecular formula is C32H41N7O5. The van der Waals surface area contributed by atoms with Gasteiger partial charge >= 0.3 is 0 Å². The highest BCUT2D eigenvalue weighted by molar-refractivity contribution is 5.91. The Hall–Kier alpha value is -4.03. The molecule has 1 aromatic heterocycles. The fourth-order valence-electron chi connectivity index (χ4n) is 6.94. The second-order valence-electron chi connectivity index (χ2n) is 12.3. The second-order valence-corrected chi connectivity index (χ2v) is 12.3. The van der Waals surface area contributed by atoms with Crippen molar-refractivity contribution in [2.45, 2.75) is 69.2 Å². The molecule has 3 fully saturated rings. The Balaban J connectivity index is 1.11. The van der Waals surface area contributed by atoms with Gasteiger partial charge in [0, 0.05) is 26.6 Å². The van der Waals surface area contributed by atoms with Crippen molar-refractivity contribution in [3.63, 3.8) is 0 Å². The number of morpholine rings is 1. The van der Waals surface area contributed by atoms with E-state index < -0.39 is 12.1 Å². The van der Waals surface area contributed by atoms with Crippen molar-refractivity contribution in [1.82, 2.24) is 30.1 Å². The summed E-state index contributed by atoms with van der Waals surface area (Å²) in [6.07, 6.45) is 3.58. The molecule has 3 aliphatic heterocycles. The largest absolute Gasteiger partial charge is 0.497 e. The van der Waals surface area contributed by atoms with Crippen LogP contribution in [0.15, 0.2) is 42.5 Å². The molecule has 3 aliphatic rings. The van der Waals surface area contributed by atoms with Crippen LogP contribution in [0.25, 0.3) is 11.0 Å². The van der Waals surface area contributed by atoms with Crippen molar-refractivity contribution in [3.8, 4) is 5.75 Å². The van der Waals surface area contributed by atoms with E-state index in [9.17, 15) is 14.4 Å². The van der Waals surface area contributed by atoms with Gasteiger partial charge in [0.05, 0.1) is 44.0 Å². The highest BCUT2D eigenvalue weighted by atomic mass is 16.5. The Morgan fingerprint density at radius 2 is 1.82 bits per heavy atom. The number of nitrogens with zero attached hydrogens (tertiary/aromatic N) is 5. The summed E-state index contributed by atoms with van der Waals surface area (Å²) in [6.45, 7) is 1.86. The molecule has 234 valence electrons. The lowest BCUT2D eigenvalue weighted by Crippen LogP contribution is -2.52. The number of nitrogens with two attached hydrogens (primary N) is 1. The Kier molecular flexibility index (Phi) is 8.81. The van der Waals surface area contributed by atoms with E-state index in [0.717, 1.165) is 40.8 Å². The van der Waals surface area contributed by atoms with Gasteiger partial charge in [-0.05, 0) is 73.4 Å². The van der Waals surface area contributed by atoms with Crippen molar-refractivity contribution in [3.05, 3.63) is 53.6 Å². The van der Waals surface area contributed by atoms with Crippen LogP contribution in [0.3, 0.4) is 0 Å². The standard InChI is InChI=1S/C32H41N7O5/c1-37-28-11-5-21(14-27(28)35-36-37)16-34-31(41)29-15-22(13-20-3-8-25(43-2)9-4-20)17-38(29)32(42)26(33)10-12-30(40)39-23-6-7-24(39)19-44-18-23/h3-5,8-9,11,14,22-24,26,29H,6-7,10,12-13,15-19,33H2,1-2H3,(H,34,41). The van der Waals surface area contributed by atoms with E-state index >= 15 is 0 Å². The molecule has 3 aromatic rings. The van der Waals surface area contributed by atoms with Crippen molar-refractivity contribution in [2.75, 3.05) is 26.9 Å². The third-order valence-corrected chi connectivity index (χ3v) is 9.31. The number of carbonyl (C=O) groups excluding carboxylic acids is 3. The number of carbonyl (C=O) groups is 3. The normalized spacial score (nSPS) is 23.6. The molecule has 6 rings (SSSR count). The van der Waals surface area contributed by atoms with Crippen LogP contribution >= 0.6 is 0 Å². The first-order chi connectivity index (χ1) is 21.3. The van der Waals surface area contributed by atoms with Crippen molar-refractivity contribution >= 4 is 28.8 Å². The second kappa shape index (κ2) is 12.9. The van der Waals surface area contributed by atoms with Crippen molar-refractivity contribution < 1.29 is 23.9 Å². The molecule has 0 radical (unpaired) electrons. The molecule has 2 bridgehead atoms. The zero-order chi connectivity index (χ0) is 30.8. The molecule has 3 saturated heterocycles. The number of nitrogens with one attached hydrogen (secondary N) is 1. The van der Waals surface area contributed by atoms with E-state index in [2.05, 4.69) is 15.6 Å². The van der Waals surface area contributed by atoms with Crippen LogP contribution in [0.1, 0.15) is 43.2 Å². The topological polar surface area (TPSA) is 145 Å². The summed E-state index contributed by atoms with van der Waals surface area (Å²) in [5, 5.41) is 11.2. The number of hydrogen-bond donors (Lipinski definition) is 2. The van der Waals surface area contributed by atoms with Gasteiger partial charge in [-0.2, -0.15) is 0 Å². The molecule has 4 heterocycles. The summed E-state index contributed by atoms with van der Waals surface area (Å²) in [7, 11) is 3.46. The van der Waals surface area contributed by atoms with Crippen LogP contribution in [-0.2, 0) is 39.1 Å². The maximum absolute atomic E-state index is 13.7. The van der Waals surface area contributed by atoms with Crippen molar-refractivity contribution in [1.29, 1.82) is 0 Å². The third-order valence-electron chi connectivity index (χ3n) is 9.31.